The summed E-state index contributed by atoms with van der Waals surface area (Å²) in [4.78, 5) is 0. The third kappa shape index (κ3) is 2.49. The van der Waals surface area contributed by atoms with Crippen molar-refractivity contribution in [2.45, 2.75) is 33.3 Å². The quantitative estimate of drug-likeness (QED) is 0.814. The van der Waals surface area contributed by atoms with Gasteiger partial charge in [0, 0.05) is 17.5 Å². The van der Waals surface area contributed by atoms with Gasteiger partial charge in [0.15, 0.2) is 0 Å². The van der Waals surface area contributed by atoms with Crippen LogP contribution in [0.25, 0.3) is 0 Å². The monoisotopic (exact) mass is 292 g/mol. The Morgan fingerprint density at radius 1 is 0.955 bits per heavy atom. The number of aliphatic hydroxyl groups is 1. The van der Waals surface area contributed by atoms with Crippen LogP contribution in [0.5, 0.6) is 5.75 Å². The fraction of sp³-hybridized carbons (Fsp3) is 0.300. The van der Waals surface area contributed by atoms with Gasteiger partial charge in [-0.25, -0.2) is 0 Å². The summed E-state index contributed by atoms with van der Waals surface area (Å²) in [5.41, 5.74) is 7.29. The average Bonchev–Trinajstić information content (AvgIpc) is 2.48. The zero-order chi connectivity index (χ0) is 15.9. The molecule has 112 valence electrons. The third-order valence-corrected chi connectivity index (χ3v) is 4.39. The fourth-order valence-electron chi connectivity index (χ4n) is 2.91. The molecule has 2 nitrogen and oxygen atoms in total. The van der Waals surface area contributed by atoms with Gasteiger partial charge >= 0.3 is 0 Å². The minimum atomic E-state index is -0.546. The van der Waals surface area contributed by atoms with Crippen LogP contribution in [0.15, 0.2) is 24.3 Å². The minimum absolute atomic E-state index is 0.546. The van der Waals surface area contributed by atoms with Crippen LogP contribution in [-0.2, 0) is 6.42 Å². The predicted octanol–water partition coefficient (Wildman–Crippen LogP) is 3.61. The van der Waals surface area contributed by atoms with E-state index in [9.17, 15) is 5.11 Å². The van der Waals surface area contributed by atoms with Crippen LogP contribution < -0.4 is 4.74 Å². The summed E-state index contributed by atoms with van der Waals surface area (Å²) in [5.74, 6) is 7.34. The number of benzene rings is 2. The lowest BCUT2D eigenvalue weighted by Crippen LogP contribution is -2.09. The molecule has 2 aromatic rings. The van der Waals surface area contributed by atoms with E-state index in [1.54, 1.807) is 7.11 Å². The highest BCUT2D eigenvalue weighted by Crippen LogP contribution is 2.30. The molecule has 2 aromatic carbocycles. The van der Waals surface area contributed by atoms with E-state index >= 15 is 0 Å². The summed E-state index contributed by atoms with van der Waals surface area (Å²) in [5, 5.41) is 10.7. The highest BCUT2D eigenvalue weighted by molar-refractivity contribution is 5.56. The molecule has 2 heteroatoms. The van der Waals surface area contributed by atoms with Crippen molar-refractivity contribution in [3.63, 3.8) is 0 Å². The highest BCUT2D eigenvalue weighted by atomic mass is 16.5. The molecule has 1 atom stereocenters. The molecule has 0 saturated heterocycles. The number of methoxy groups -OCH3 is 1. The van der Waals surface area contributed by atoms with E-state index in [2.05, 4.69) is 37.8 Å². The van der Waals surface area contributed by atoms with E-state index in [4.69, 9.17) is 4.74 Å². The van der Waals surface area contributed by atoms with Gasteiger partial charge in [-0.1, -0.05) is 17.9 Å². The SMILES string of the molecule is COc1cc2c(cc1C)C#Cc1cc(C)c(C)cc1C(O)C2. The maximum absolute atomic E-state index is 10.7. The molecule has 0 radical (unpaired) electrons. The van der Waals surface area contributed by atoms with Crippen molar-refractivity contribution in [1.29, 1.82) is 0 Å². The number of fused-ring (bicyclic) bond motifs is 2. The number of aryl methyl sites for hydroxylation is 3. The van der Waals surface area contributed by atoms with E-state index in [-0.39, 0.29) is 0 Å². The number of ether oxygens (including phenoxy) is 1. The summed E-state index contributed by atoms with van der Waals surface area (Å²) < 4.78 is 5.39. The molecule has 0 saturated carbocycles. The standard InChI is InChI=1S/C20H20O2/c1-12-7-16-6-5-15-8-14(3)20(22-4)11-17(15)10-19(21)18(16)9-13(12)2/h7-9,11,19,21H,10H2,1-4H3. The lowest BCUT2D eigenvalue weighted by Gasteiger charge is -2.19. The predicted molar refractivity (Wildman–Crippen MR) is 88.3 cm³/mol. The van der Waals surface area contributed by atoms with Crippen molar-refractivity contribution < 1.29 is 9.84 Å². The summed E-state index contributed by atoms with van der Waals surface area (Å²) >= 11 is 0. The molecule has 0 aliphatic heterocycles. The van der Waals surface area contributed by atoms with Crippen LogP contribution in [0, 0.1) is 32.6 Å². The van der Waals surface area contributed by atoms with E-state index in [0.717, 1.165) is 33.6 Å². The average molecular weight is 292 g/mol. The molecule has 0 spiro atoms. The largest absolute Gasteiger partial charge is 0.496 e. The van der Waals surface area contributed by atoms with Crippen LogP contribution in [-0.4, -0.2) is 12.2 Å². The zero-order valence-corrected chi connectivity index (χ0v) is 13.4. The van der Waals surface area contributed by atoms with Gasteiger partial charge in [0.25, 0.3) is 0 Å². The normalized spacial score (nSPS) is 15.8. The van der Waals surface area contributed by atoms with Crippen LogP contribution in [0.1, 0.15) is 45.0 Å². The Labute approximate surface area is 131 Å². The van der Waals surface area contributed by atoms with Gasteiger partial charge in [0.1, 0.15) is 5.75 Å². The Hall–Kier alpha value is -2.24. The number of hydrogen-bond donors (Lipinski definition) is 1. The molecule has 1 N–H and O–H groups in total. The Bertz CT molecular complexity index is 807. The van der Waals surface area contributed by atoms with Crippen molar-refractivity contribution in [3.8, 4) is 17.6 Å². The molecule has 22 heavy (non-hydrogen) atoms. The summed E-state index contributed by atoms with van der Waals surface area (Å²) in [6.45, 7) is 6.15. The molecule has 0 amide bonds. The fourth-order valence-corrected chi connectivity index (χ4v) is 2.91. The molecule has 0 bridgehead atoms. The van der Waals surface area contributed by atoms with Gasteiger partial charge in [-0.3, -0.25) is 0 Å². The lowest BCUT2D eigenvalue weighted by atomic mass is 9.89. The molecule has 0 aromatic heterocycles. The van der Waals surface area contributed by atoms with Gasteiger partial charge in [-0.05, 0) is 66.8 Å². The molecular formula is C20H20O2. The van der Waals surface area contributed by atoms with Gasteiger partial charge < -0.3 is 9.84 Å². The second-order valence-electron chi connectivity index (χ2n) is 5.97. The van der Waals surface area contributed by atoms with Crippen molar-refractivity contribution in [1.82, 2.24) is 0 Å². The first-order valence-corrected chi connectivity index (χ1v) is 7.48. The number of hydrogen-bond acceptors (Lipinski definition) is 2. The van der Waals surface area contributed by atoms with Crippen LogP contribution in [0.3, 0.4) is 0 Å². The Balaban J connectivity index is 2.19. The molecule has 0 fully saturated rings. The zero-order valence-electron chi connectivity index (χ0n) is 13.4. The van der Waals surface area contributed by atoms with Crippen LogP contribution >= 0.6 is 0 Å². The second kappa shape index (κ2) is 5.51. The van der Waals surface area contributed by atoms with Crippen LogP contribution in [0.2, 0.25) is 0 Å². The lowest BCUT2D eigenvalue weighted by molar-refractivity contribution is 0.178. The maximum Gasteiger partial charge on any atom is 0.122 e. The van der Waals surface area contributed by atoms with E-state index in [1.165, 1.54) is 11.1 Å². The smallest absolute Gasteiger partial charge is 0.122 e. The van der Waals surface area contributed by atoms with E-state index < -0.39 is 6.10 Å². The Morgan fingerprint density at radius 3 is 2.32 bits per heavy atom. The molecule has 0 heterocycles. The number of aliphatic hydroxyl groups excluding tert-OH is 1. The van der Waals surface area contributed by atoms with Crippen LogP contribution in [0.4, 0.5) is 0 Å². The topological polar surface area (TPSA) is 29.5 Å². The molecule has 1 unspecified atom stereocenters. The minimum Gasteiger partial charge on any atom is -0.496 e. The molecule has 1 aliphatic rings. The first-order valence-electron chi connectivity index (χ1n) is 7.48. The van der Waals surface area contributed by atoms with E-state index in [0.29, 0.717) is 6.42 Å². The molecule has 3 rings (SSSR count). The first-order chi connectivity index (χ1) is 10.5. The molecular weight excluding hydrogens is 272 g/mol. The summed E-state index contributed by atoms with van der Waals surface area (Å²) in [6, 6.07) is 8.16. The van der Waals surface area contributed by atoms with Gasteiger partial charge in [-0.2, -0.15) is 0 Å². The third-order valence-electron chi connectivity index (χ3n) is 4.39. The Kier molecular flexibility index (Phi) is 3.68. The number of rotatable bonds is 1. The first kappa shape index (κ1) is 14.7. The van der Waals surface area contributed by atoms with Crippen molar-refractivity contribution in [2.75, 3.05) is 7.11 Å². The molecule has 1 aliphatic carbocycles. The van der Waals surface area contributed by atoms with Gasteiger partial charge in [-0.15, -0.1) is 0 Å². The van der Waals surface area contributed by atoms with Gasteiger partial charge in [0.2, 0.25) is 0 Å². The van der Waals surface area contributed by atoms with Crippen molar-refractivity contribution in [3.05, 3.63) is 63.2 Å². The van der Waals surface area contributed by atoms with Crippen molar-refractivity contribution >= 4 is 0 Å². The van der Waals surface area contributed by atoms with Gasteiger partial charge in [0.05, 0.1) is 13.2 Å². The summed E-state index contributed by atoms with van der Waals surface area (Å²) in [7, 11) is 1.67. The summed E-state index contributed by atoms with van der Waals surface area (Å²) in [6.07, 6.45) is 0.00550. The highest BCUT2D eigenvalue weighted by Gasteiger charge is 2.18. The second-order valence-corrected chi connectivity index (χ2v) is 5.97. The van der Waals surface area contributed by atoms with E-state index in [1.807, 2.05) is 19.1 Å². The van der Waals surface area contributed by atoms with Crippen molar-refractivity contribution in [2.24, 2.45) is 0 Å². The Morgan fingerprint density at radius 2 is 1.59 bits per heavy atom. The maximum atomic E-state index is 10.7.